The normalized spacial score (nSPS) is 21.7. The third-order valence-electron chi connectivity index (χ3n) is 7.71. The van der Waals surface area contributed by atoms with Crippen LogP contribution in [0.1, 0.15) is 34.1 Å². The van der Waals surface area contributed by atoms with Gasteiger partial charge < -0.3 is 28.1 Å². The summed E-state index contributed by atoms with van der Waals surface area (Å²) in [5.41, 5.74) is 4.28. The standard InChI is InChI=1S/C38H38O6/c1-5-14-29(15-6-1)24-39-28-34-35(41-25-30-16-7-2-8-17-30)37(42-26-31-18-9-3-10-19-31)38(36(44-34)33-22-13-23-40-33)43-27-32-20-11-4-12-21-32/h1-23,34-38H,24-28H2/t34-,35-,36-,37+,38-/m1/s1. The summed E-state index contributed by atoms with van der Waals surface area (Å²) in [5, 5.41) is 0. The van der Waals surface area contributed by atoms with Gasteiger partial charge in [0.15, 0.2) is 0 Å². The van der Waals surface area contributed by atoms with Gasteiger partial charge in [-0.15, -0.1) is 0 Å². The van der Waals surface area contributed by atoms with E-state index in [1.165, 1.54) is 0 Å². The zero-order chi connectivity index (χ0) is 29.8. The highest BCUT2D eigenvalue weighted by Crippen LogP contribution is 2.38. The molecular formula is C38H38O6. The molecule has 5 atom stereocenters. The molecular weight excluding hydrogens is 552 g/mol. The zero-order valence-corrected chi connectivity index (χ0v) is 24.7. The minimum Gasteiger partial charge on any atom is -0.466 e. The molecule has 1 aliphatic heterocycles. The number of hydrogen-bond acceptors (Lipinski definition) is 6. The average Bonchev–Trinajstić information content (AvgIpc) is 3.63. The highest BCUT2D eigenvalue weighted by atomic mass is 16.6. The first kappa shape index (κ1) is 30.0. The minimum atomic E-state index is -0.531. The summed E-state index contributed by atoms with van der Waals surface area (Å²) < 4.78 is 39.1. The summed E-state index contributed by atoms with van der Waals surface area (Å²) in [6, 6.07) is 44.3. The smallest absolute Gasteiger partial charge is 0.144 e. The number of furan rings is 1. The molecule has 0 bridgehead atoms. The monoisotopic (exact) mass is 590 g/mol. The lowest BCUT2D eigenvalue weighted by atomic mass is 9.92. The molecule has 0 saturated carbocycles. The Bertz CT molecular complexity index is 1480. The summed E-state index contributed by atoms with van der Waals surface area (Å²) in [4.78, 5) is 0. The second-order valence-electron chi connectivity index (χ2n) is 10.9. The van der Waals surface area contributed by atoms with Gasteiger partial charge in [0.25, 0.3) is 0 Å². The lowest BCUT2D eigenvalue weighted by Crippen LogP contribution is -2.58. The third-order valence-corrected chi connectivity index (χ3v) is 7.71. The second kappa shape index (κ2) is 15.6. The van der Waals surface area contributed by atoms with E-state index in [0.29, 0.717) is 38.8 Å². The van der Waals surface area contributed by atoms with E-state index in [1.807, 2.05) is 84.9 Å². The molecule has 0 spiro atoms. The summed E-state index contributed by atoms with van der Waals surface area (Å²) >= 11 is 0. The first-order valence-electron chi connectivity index (χ1n) is 15.1. The lowest BCUT2D eigenvalue weighted by Gasteiger charge is -2.45. The van der Waals surface area contributed by atoms with E-state index in [-0.39, 0.29) is 0 Å². The fourth-order valence-electron chi connectivity index (χ4n) is 5.47. The predicted molar refractivity (Wildman–Crippen MR) is 167 cm³/mol. The highest BCUT2D eigenvalue weighted by molar-refractivity contribution is 5.17. The summed E-state index contributed by atoms with van der Waals surface area (Å²) in [5.74, 6) is 0.672. The minimum absolute atomic E-state index is 0.308. The molecule has 0 aliphatic carbocycles. The third kappa shape index (κ3) is 8.11. The van der Waals surface area contributed by atoms with Crippen LogP contribution in [0, 0.1) is 0 Å². The van der Waals surface area contributed by atoms with Gasteiger partial charge in [-0.1, -0.05) is 121 Å². The van der Waals surface area contributed by atoms with Crippen LogP contribution in [0.3, 0.4) is 0 Å². The topological polar surface area (TPSA) is 59.3 Å². The molecule has 4 aromatic carbocycles. The maximum absolute atomic E-state index is 6.80. The van der Waals surface area contributed by atoms with Crippen molar-refractivity contribution in [3.05, 3.63) is 168 Å². The number of hydrogen-bond donors (Lipinski definition) is 0. The van der Waals surface area contributed by atoms with Crippen molar-refractivity contribution >= 4 is 0 Å². The van der Waals surface area contributed by atoms with Gasteiger partial charge in [0, 0.05) is 0 Å². The Morgan fingerprint density at radius 1 is 0.455 bits per heavy atom. The van der Waals surface area contributed by atoms with Crippen molar-refractivity contribution in [2.24, 2.45) is 0 Å². The molecule has 6 heteroatoms. The molecule has 2 heterocycles. The molecule has 1 aliphatic rings. The molecule has 5 aromatic rings. The number of ether oxygens (including phenoxy) is 5. The van der Waals surface area contributed by atoms with E-state index >= 15 is 0 Å². The van der Waals surface area contributed by atoms with Crippen molar-refractivity contribution in [3.8, 4) is 0 Å². The largest absolute Gasteiger partial charge is 0.466 e. The highest BCUT2D eigenvalue weighted by Gasteiger charge is 2.49. The van der Waals surface area contributed by atoms with Crippen molar-refractivity contribution in [1.29, 1.82) is 0 Å². The molecule has 226 valence electrons. The first-order valence-corrected chi connectivity index (χ1v) is 15.1. The molecule has 1 fully saturated rings. The van der Waals surface area contributed by atoms with Crippen LogP contribution < -0.4 is 0 Å². The Kier molecular flexibility index (Phi) is 10.6. The molecule has 6 nitrogen and oxygen atoms in total. The molecule has 44 heavy (non-hydrogen) atoms. The maximum Gasteiger partial charge on any atom is 0.144 e. The van der Waals surface area contributed by atoms with Gasteiger partial charge in [-0.2, -0.15) is 0 Å². The number of rotatable bonds is 14. The molecule has 0 unspecified atom stereocenters. The number of benzene rings is 4. The van der Waals surface area contributed by atoms with Gasteiger partial charge in [0.05, 0.1) is 39.3 Å². The molecule has 6 rings (SSSR count). The second-order valence-corrected chi connectivity index (χ2v) is 10.9. The van der Waals surface area contributed by atoms with Crippen LogP contribution >= 0.6 is 0 Å². The Morgan fingerprint density at radius 2 is 0.909 bits per heavy atom. The molecule has 0 N–H and O–H groups in total. The fourth-order valence-corrected chi connectivity index (χ4v) is 5.47. The van der Waals surface area contributed by atoms with Crippen molar-refractivity contribution in [2.75, 3.05) is 6.61 Å². The van der Waals surface area contributed by atoms with Crippen LogP contribution in [-0.2, 0) is 50.1 Å². The van der Waals surface area contributed by atoms with E-state index in [4.69, 9.17) is 28.1 Å². The lowest BCUT2D eigenvalue weighted by molar-refractivity contribution is -0.277. The van der Waals surface area contributed by atoms with E-state index in [9.17, 15) is 0 Å². The zero-order valence-electron chi connectivity index (χ0n) is 24.7. The van der Waals surface area contributed by atoms with Gasteiger partial charge in [0.2, 0.25) is 0 Å². The summed E-state index contributed by atoms with van der Waals surface area (Å²) in [6.45, 7) is 1.94. The van der Waals surface area contributed by atoms with Crippen molar-refractivity contribution < 1.29 is 28.1 Å². The Balaban J connectivity index is 1.31. The van der Waals surface area contributed by atoms with Crippen molar-refractivity contribution in [3.63, 3.8) is 0 Å². The Labute approximate surface area is 259 Å². The SMILES string of the molecule is c1ccc(COC[C@H]2O[C@H](c3ccco3)[C@@H](OCc3ccccc3)[C@@H](OCc3ccccc3)[C@@H]2OCc2ccccc2)cc1. The van der Waals surface area contributed by atoms with Crippen LogP contribution in [0.15, 0.2) is 144 Å². The van der Waals surface area contributed by atoms with E-state index < -0.39 is 30.5 Å². The maximum atomic E-state index is 6.80. The fraction of sp³-hybridized carbons (Fsp3) is 0.263. The van der Waals surface area contributed by atoms with Gasteiger partial charge in [-0.3, -0.25) is 0 Å². The summed E-state index contributed by atoms with van der Waals surface area (Å²) in [6.07, 6.45) is -0.813. The Hall–Kier alpha value is -4.04. The molecule has 0 radical (unpaired) electrons. The van der Waals surface area contributed by atoms with Crippen molar-refractivity contribution in [2.45, 2.75) is 56.9 Å². The van der Waals surface area contributed by atoms with Crippen LogP contribution in [0.25, 0.3) is 0 Å². The van der Waals surface area contributed by atoms with Crippen LogP contribution in [0.4, 0.5) is 0 Å². The molecule has 0 amide bonds. The predicted octanol–water partition coefficient (Wildman–Crippen LogP) is 7.69. The van der Waals surface area contributed by atoms with Crippen LogP contribution in [-0.4, -0.2) is 31.0 Å². The van der Waals surface area contributed by atoms with E-state index in [1.54, 1.807) is 6.26 Å². The van der Waals surface area contributed by atoms with Crippen LogP contribution in [0.5, 0.6) is 0 Å². The van der Waals surface area contributed by atoms with Crippen LogP contribution in [0.2, 0.25) is 0 Å². The van der Waals surface area contributed by atoms with E-state index in [0.717, 1.165) is 22.3 Å². The van der Waals surface area contributed by atoms with Gasteiger partial charge in [0.1, 0.15) is 36.3 Å². The van der Waals surface area contributed by atoms with Gasteiger partial charge in [-0.05, 0) is 34.4 Å². The van der Waals surface area contributed by atoms with Gasteiger partial charge in [-0.25, -0.2) is 0 Å². The first-order chi connectivity index (χ1) is 21.8. The molecule has 1 saturated heterocycles. The quantitative estimate of drug-likeness (QED) is 0.132. The van der Waals surface area contributed by atoms with E-state index in [2.05, 4.69) is 48.5 Å². The summed E-state index contributed by atoms with van der Waals surface area (Å²) in [7, 11) is 0. The molecule has 1 aromatic heterocycles. The van der Waals surface area contributed by atoms with Gasteiger partial charge >= 0.3 is 0 Å². The Morgan fingerprint density at radius 3 is 1.39 bits per heavy atom. The van der Waals surface area contributed by atoms with Crippen molar-refractivity contribution in [1.82, 2.24) is 0 Å². The average molecular weight is 591 g/mol.